The van der Waals surface area contributed by atoms with Gasteiger partial charge in [0.1, 0.15) is 5.82 Å². The number of fused-ring (bicyclic) bond motifs is 2. The van der Waals surface area contributed by atoms with E-state index in [2.05, 4.69) is 52.2 Å². The summed E-state index contributed by atoms with van der Waals surface area (Å²) in [5.41, 5.74) is 4.82. The van der Waals surface area contributed by atoms with Crippen molar-refractivity contribution in [1.29, 1.82) is 5.26 Å². The number of benzene rings is 1. The van der Waals surface area contributed by atoms with E-state index in [1.165, 1.54) is 11.1 Å². The van der Waals surface area contributed by atoms with Crippen LogP contribution in [-0.4, -0.2) is 72.8 Å². The van der Waals surface area contributed by atoms with E-state index in [0.29, 0.717) is 19.0 Å². The minimum atomic E-state index is 0.140. The molecule has 3 aliphatic heterocycles. The van der Waals surface area contributed by atoms with E-state index in [9.17, 15) is 5.26 Å². The lowest BCUT2D eigenvalue weighted by Gasteiger charge is -2.34. The number of hydrogen-bond donors (Lipinski definition) is 0. The lowest BCUT2D eigenvalue weighted by Crippen LogP contribution is -2.45. The van der Waals surface area contributed by atoms with Crippen LogP contribution in [0, 0.1) is 11.5 Å². The van der Waals surface area contributed by atoms with Crippen molar-refractivity contribution in [3.63, 3.8) is 0 Å². The first kappa shape index (κ1) is 20.0. The molecule has 2 aromatic rings. The van der Waals surface area contributed by atoms with Crippen molar-refractivity contribution in [2.75, 3.05) is 56.7 Å². The number of nitriles is 1. The zero-order valence-electron chi connectivity index (χ0n) is 18.3. The lowest BCUT2D eigenvalue weighted by molar-refractivity contribution is -0.0144. The average molecular weight is 420 g/mol. The Morgan fingerprint density at radius 1 is 1.16 bits per heavy atom. The molecule has 0 aliphatic carbocycles. The Balaban J connectivity index is 1.44. The molecule has 1 atom stereocenters. The molecule has 1 aromatic heterocycles. The van der Waals surface area contributed by atoms with E-state index in [4.69, 9.17) is 14.7 Å². The average Bonchev–Trinajstić information content (AvgIpc) is 3.21. The maximum absolute atomic E-state index is 9.47. The first-order valence-corrected chi connectivity index (χ1v) is 11.0. The fraction of sp³-hybridized carbons (Fsp3) is 0.522. The van der Waals surface area contributed by atoms with Gasteiger partial charge in [0.05, 0.1) is 31.5 Å². The van der Waals surface area contributed by atoms with Crippen LogP contribution in [0.15, 0.2) is 24.3 Å². The molecular weight excluding hydrogens is 390 g/mol. The standard InChI is InChI=1S/C23H29N7O/c1-27-9-10-31-19(12-27)13-28(2)23-25-21-15-29(16-24)14-20(21)22(26-23)30-8-7-17-5-3-4-6-18(17)11-30/h3-6,19H,7-15H2,1-2H3. The maximum atomic E-state index is 9.47. The van der Waals surface area contributed by atoms with Crippen molar-refractivity contribution in [2.24, 2.45) is 0 Å². The first-order valence-electron chi connectivity index (χ1n) is 11.0. The Morgan fingerprint density at radius 2 is 2.00 bits per heavy atom. The Labute approximate surface area is 183 Å². The van der Waals surface area contributed by atoms with Gasteiger partial charge in [-0.25, -0.2) is 4.98 Å². The zero-order chi connectivity index (χ0) is 21.4. The highest BCUT2D eigenvalue weighted by atomic mass is 16.5. The first-order chi connectivity index (χ1) is 15.1. The molecule has 0 spiro atoms. The topological polar surface area (TPSA) is 71.8 Å². The predicted molar refractivity (Wildman–Crippen MR) is 119 cm³/mol. The van der Waals surface area contributed by atoms with Crippen LogP contribution in [0.4, 0.5) is 11.8 Å². The van der Waals surface area contributed by atoms with Crippen molar-refractivity contribution in [2.45, 2.75) is 32.2 Å². The van der Waals surface area contributed by atoms with Crippen molar-refractivity contribution in [3.8, 4) is 6.19 Å². The fourth-order valence-electron chi connectivity index (χ4n) is 4.77. The maximum Gasteiger partial charge on any atom is 0.227 e. The van der Waals surface area contributed by atoms with Gasteiger partial charge in [-0.15, -0.1) is 0 Å². The molecule has 8 nitrogen and oxygen atoms in total. The van der Waals surface area contributed by atoms with Crippen LogP contribution in [0.5, 0.6) is 0 Å². The van der Waals surface area contributed by atoms with E-state index >= 15 is 0 Å². The molecule has 1 fully saturated rings. The molecule has 31 heavy (non-hydrogen) atoms. The number of nitrogens with zero attached hydrogens (tertiary/aromatic N) is 7. The summed E-state index contributed by atoms with van der Waals surface area (Å²) in [6.45, 7) is 6.28. The van der Waals surface area contributed by atoms with Crippen LogP contribution in [0.3, 0.4) is 0 Å². The second-order valence-corrected chi connectivity index (χ2v) is 8.80. The highest BCUT2D eigenvalue weighted by molar-refractivity contribution is 5.56. The Morgan fingerprint density at radius 3 is 2.81 bits per heavy atom. The summed E-state index contributed by atoms with van der Waals surface area (Å²) in [7, 11) is 4.16. The van der Waals surface area contributed by atoms with Gasteiger partial charge < -0.3 is 24.3 Å². The summed E-state index contributed by atoms with van der Waals surface area (Å²) in [6, 6.07) is 8.63. The third-order valence-electron chi connectivity index (χ3n) is 6.48. The van der Waals surface area contributed by atoms with Crippen LogP contribution < -0.4 is 9.80 Å². The van der Waals surface area contributed by atoms with Crippen molar-refractivity contribution < 1.29 is 4.74 Å². The summed E-state index contributed by atoms with van der Waals surface area (Å²) < 4.78 is 5.95. The lowest BCUT2D eigenvalue weighted by atomic mass is 9.99. The minimum absolute atomic E-state index is 0.140. The largest absolute Gasteiger partial charge is 0.374 e. The summed E-state index contributed by atoms with van der Waals surface area (Å²) in [6.07, 6.45) is 3.43. The molecule has 0 amide bonds. The van der Waals surface area contributed by atoms with Crippen LogP contribution in [0.25, 0.3) is 0 Å². The summed E-state index contributed by atoms with van der Waals surface area (Å²) >= 11 is 0. The predicted octanol–water partition coefficient (Wildman–Crippen LogP) is 1.60. The third-order valence-corrected chi connectivity index (χ3v) is 6.48. The van der Waals surface area contributed by atoms with E-state index in [1.54, 1.807) is 4.90 Å². The number of likely N-dealkylation sites (N-methyl/N-ethyl adjacent to an activating group) is 2. The summed E-state index contributed by atoms with van der Waals surface area (Å²) in [5.74, 6) is 1.69. The molecule has 1 aromatic carbocycles. The Kier molecular flexibility index (Phi) is 5.38. The molecule has 162 valence electrons. The fourth-order valence-corrected chi connectivity index (χ4v) is 4.77. The van der Waals surface area contributed by atoms with Crippen molar-refractivity contribution in [3.05, 3.63) is 46.6 Å². The van der Waals surface area contributed by atoms with E-state index < -0.39 is 0 Å². The van der Waals surface area contributed by atoms with Crippen LogP contribution in [0.2, 0.25) is 0 Å². The smallest absolute Gasteiger partial charge is 0.227 e. The van der Waals surface area contributed by atoms with E-state index in [1.807, 2.05) is 7.05 Å². The van der Waals surface area contributed by atoms with Crippen molar-refractivity contribution >= 4 is 11.8 Å². The van der Waals surface area contributed by atoms with Gasteiger partial charge in [-0.1, -0.05) is 24.3 Å². The molecule has 0 N–H and O–H groups in total. The number of hydrogen-bond acceptors (Lipinski definition) is 8. The van der Waals surface area contributed by atoms with Gasteiger partial charge in [0, 0.05) is 45.3 Å². The summed E-state index contributed by atoms with van der Waals surface area (Å²) in [5, 5.41) is 9.47. The quantitative estimate of drug-likeness (QED) is 0.692. The molecule has 4 heterocycles. The normalized spacial score (nSPS) is 20.9. The van der Waals surface area contributed by atoms with Gasteiger partial charge in [-0.05, 0) is 24.6 Å². The second-order valence-electron chi connectivity index (χ2n) is 8.80. The number of morpholine rings is 1. The molecular formula is C23H29N7O. The van der Waals surface area contributed by atoms with Crippen LogP contribution >= 0.6 is 0 Å². The molecule has 3 aliphatic rings. The monoisotopic (exact) mass is 419 g/mol. The highest BCUT2D eigenvalue weighted by Gasteiger charge is 2.30. The van der Waals surface area contributed by atoms with Gasteiger partial charge in [0.2, 0.25) is 5.95 Å². The minimum Gasteiger partial charge on any atom is -0.374 e. The second kappa shape index (κ2) is 8.33. The SMILES string of the molecule is CN1CCOC(CN(C)c2nc3c(c(N4CCc5ccccc5C4)n2)CN(C#N)C3)C1. The van der Waals surface area contributed by atoms with Gasteiger partial charge in [-0.3, -0.25) is 0 Å². The van der Waals surface area contributed by atoms with Crippen LogP contribution in [0.1, 0.15) is 22.4 Å². The molecule has 1 unspecified atom stereocenters. The van der Waals surface area contributed by atoms with Gasteiger partial charge in [0.15, 0.2) is 6.19 Å². The Bertz CT molecular complexity index is 1000. The molecule has 8 heteroatoms. The molecule has 0 bridgehead atoms. The number of ether oxygens (including phenoxy) is 1. The summed E-state index contributed by atoms with van der Waals surface area (Å²) in [4.78, 5) is 18.4. The van der Waals surface area contributed by atoms with Gasteiger partial charge in [-0.2, -0.15) is 10.2 Å². The van der Waals surface area contributed by atoms with E-state index in [-0.39, 0.29) is 6.10 Å². The Hall–Kier alpha value is -2.89. The molecule has 0 radical (unpaired) electrons. The number of aromatic nitrogens is 2. The van der Waals surface area contributed by atoms with Crippen LogP contribution in [-0.2, 0) is 30.8 Å². The van der Waals surface area contributed by atoms with Gasteiger partial charge in [0.25, 0.3) is 0 Å². The molecule has 1 saturated heterocycles. The zero-order valence-corrected chi connectivity index (χ0v) is 18.3. The molecule has 0 saturated carbocycles. The van der Waals surface area contributed by atoms with Crippen molar-refractivity contribution in [1.82, 2.24) is 19.8 Å². The highest BCUT2D eigenvalue weighted by Crippen LogP contribution is 2.33. The number of anilines is 2. The molecule has 5 rings (SSSR count). The number of rotatable bonds is 4. The van der Waals surface area contributed by atoms with Gasteiger partial charge >= 0.3 is 0 Å². The third kappa shape index (κ3) is 4.03. The van der Waals surface area contributed by atoms with E-state index in [0.717, 1.165) is 62.8 Å².